The molecule has 0 radical (unpaired) electrons. The Morgan fingerprint density at radius 1 is 1.14 bits per heavy atom. The molecule has 0 saturated carbocycles. The molecule has 0 heterocycles. The number of aliphatic hydroxyl groups excluding tert-OH is 2. The highest BCUT2D eigenvalue weighted by Crippen LogP contribution is 2.10. The fourth-order valence-electron chi connectivity index (χ4n) is 0.500. The molecule has 7 nitrogen and oxygen atoms in total. The predicted molar refractivity (Wildman–Crippen MR) is 75.9 cm³/mol. The van der Waals surface area contributed by atoms with E-state index in [0.29, 0.717) is 0 Å². The van der Waals surface area contributed by atoms with Crippen LogP contribution in [0.1, 0.15) is 20.8 Å². The van der Waals surface area contributed by atoms with Crippen molar-refractivity contribution in [1.82, 2.24) is 0 Å². The zero-order valence-electron chi connectivity index (χ0n) is 12.7. The summed E-state index contributed by atoms with van der Waals surface area (Å²) in [6.45, 7) is 11.6. The largest absolute Gasteiger partial charge is 0.460 e. The average Bonchev–Trinajstić information content (AvgIpc) is 2.50. The van der Waals surface area contributed by atoms with Crippen LogP contribution in [0.4, 0.5) is 0 Å². The fourth-order valence-corrected chi connectivity index (χ4v) is 0.500. The number of carbonyl (C=O) groups is 2. The third-order valence-electron chi connectivity index (χ3n) is 1.94. The maximum Gasteiger partial charge on any atom is 0.365 e. The Morgan fingerprint density at radius 3 is 1.95 bits per heavy atom. The van der Waals surface area contributed by atoms with Crippen LogP contribution in [0, 0.1) is 5.41 Å². The van der Waals surface area contributed by atoms with Crippen molar-refractivity contribution in [3.63, 3.8) is 0 Å². The first-order chi connectivity index (χ1) is 9.72. The van der Waals surface area contributed by atoms with E-state index in [4.69, 9.17) is 10.2 Å². The molecule has 21 heavy (non-hydrogen) atoms. The standard InChI is InChI=1S/C9H12O5.C5H12O2/c1-4-8(10)12-6-7(3)13-14-9(11)5-2;1-5(2,3-6)4-7/h4-5,7H,1-2,6H2,3H3;6-7H,3-4H2,1-2H3. The molecule has 0 amide bonds. The number of carbonyl (C=O) groups excluding carboxylic acids is 2. The van der Waals surface area contributed by atoms with Gasteiger partial charge >= 0.3 is 11.9 Å². The maximum absolute atomic E-state index is 10.6. The van der Waals surface area contributed by atoms with Gasteiger partial charge in [0.25, 0.3) is 0 Å². The molecule has 0 aliphatic rings. The minimum Gasteiger partial charge on any atom is -0.460 e. The van der Waals surface area contributed by atoms with Gasteiger partial charge in [-0.15, -0.1) is 0 Å². The molecule has 122 valence electrons. The van der Waals surface area contributed by atoms with E-state index >= 15 is 0 Å². The summed E-state index contributed by atoms with van der Waals surface area (Å²) in [6, 6.07) is 0. The molecule has 0 saturated heterocycles. The molecule has 0 fully saturated rings. The van der Waals surface area contributed by atoms with Crippen LogP contribution < -0.4 is 0 Å². The van der Waals surface area contributed by atoms with Gasteiger partial charge in [0.1, 0.15) is 12.7 Å². The highest BCUT2D eigenvalue weighted by molar-refractivity contribution is 5.81. The van der Waals surface area contributed by atoms with E-state index < -0.39 is 18.0 Å². The van der Waals surface area contributed by atoms with Crippen LogP contribution in [0.3, 0.4) is 0 Å². The van der Waals surface area contributed by atoms with Crippen molar-refractivity contribution in [3.05, 3.63) is 25.3 Å². The summed E-state index contributed by atoms with van der Waals surface area (Å²) in [5, 5.41) is 16.9. The van der Waals surface area contributed by atoms with E-state index in [0.717, 1.165) is 12.2 Å². The molecular weight excluding hydrogens is 280 g/mol. The Labute approximate surface area is 124 Å². The highest BCUT2D eigenvalue weighted by Gasteiger charge is 2.13. The van der Waals surface area contributed by atoms with Crippen LogP contribution in [0.2, 0.25) is 0 Å². The SMILES string of the molecule is C=CC(=O)OCC(C)OOC(=O)C=C.CC(C)(CO)CO. The first-order valence-electron chi connectivity index (χ1n) is 6.23. The second kappa shape index (κ2) is 12.1. The van der Waals surface area contributed by atoms with Crippen LogP contribution in [0.5, 0.6) is 0 Å². The Hall–Kier alpha value is -1.70. The molecule has 0 bridgehead atoms. The average molecular weight is 304 g/mol. The van der Waals surface area contributed by atoms with Crippen molar-refractivity contribution in [2.45, 2.75) is 26.9 Å². The fraction of sp³-hybridized carbons (Fsp3) is 0.571. The highest BCUT2D eigenvalue weighted by atomic mass is 17.2. The molecule has 0 aromatic carbocycles. The first-order valence-corrected chi connectivity index (χ1v) is 6.23. The summed E-state index contributed by atoms with van der Waals surface area (Å²) < 4.78 is 4.62. The zero-order chi connectivity index (χ0) is 16.9. The number of ether oxygens (including phenoxy) is 1. The van der Waals surface area contributed by atoms with Gasteiger partial charge in [-0.25, -0.2) is 9.59 Å². The quantitative estimate of drug-likeness (QED) is 0.295. The zero-order valence-corrected chi connectivity index (χ0v) is 12.7. The van der Waals surface area contributed by atoms with E-state index in [1.165, 1.54) is 0 Å². The Balaban J connectivity index is 0. The van der Waals surface area contributed by atoms with Crippen LogP contribution in [-0.4, -0.2) is 48.1 Å². The summed E-state index contributed by atoms with van der Waals surface area (Å²) in [5.74, 6) is -1.26. The van der Waals surface area contributed by atoms with Crippen molar-refractivity contribution in [3.8, 4) is 0 Å². The first kappa shape index (κ1) is 21.6. The van der Waals surface area contributed by atoms with Gasteiger partial charge in [-0.2, -0.15) is 4.89 Å². The molecule has 1 unspecified atom stereocenters. The lowest BCUT2D eigenvalue weighted by molar-refractivity contribution is -0.295. The lowest BCUT2D eigenvalue weighted by Crippen LogP contribution is -2.20. The summed E-state index contributed by atoms with van der Waals surface area (Å²) >= 11 is 0. The van der Waals surface area contributed by atoms with Gasteiger partial charge < -0.3 is 14.9 Å². The van der Waals surface area contributed by atoms with Crippen LogP contribution >= 0.6 is 0 Å². The van der Waals surface area contributed by atoms with Gasteiger partial charge in [0.15, 0.2) is 0 Å². The number of aliphatic hydroxyl groups is 2. The number of esters is 1. The molecule has 0 aliphatic heterocycles. The Kier molecular flexibility index (Phi) is 12.4. The van der Waals surface area contributed by atoms with Gasteiger partial charge in [-0.3, -0.25) is 4.89 Å². The van der Waals surface area contributed by atoms with Crippen LogP contribution in [-0.2, 0) is 24.1 Å². The van der Waals surface area contributed by atoms with Crippen LogP contribution in [0.25, 0.3) is 0 Å². The lowest BCUT2D eigenvalue weighted by Gasteiger charge is -2.16. The minimum absolute atomic E-state index is 0.0186. The third kappa shape index (κ3) is 14.5. The van der Waals surface area contributed by atoms with E-state index in [2.05, 4.69) is 27.7 Å². The van der Waals surface area contributed by atoms with Crippen molar-refractivity contribution < 1.29 is 34.3 Å². The number of rotatable bonds is 8. The van der Waals surface area contributed by atoms with Gasteiger partial charge in [-0.05, 0) is 6.92 Å². The number of hydrogen-bond donors (Lipinski definition) is 2. The maximum atomic E-state index is 10.6. The Morgan fingerprint density at radius 2 is 1.62 bits per heavy atom. The molecule has 0 spiro atoms. The molecule has 0 aliphatic carbocycles. The normalized spacial score (nSPS) is 11.5. The second-order valence-electron chi connectivity index (χ2n) is 4.83. The monoisotopic (exact) mass is 304 g/mol. The summed E-state index contributed by atoms with van der Waals surface area (Å²) in [5.41, 5.74) is -0.306. The van der Waals surface area contributed by atoms with Gasteiger partial charge in [0.05, 0.1) is 13.2 Å². The van der Waals surface area contributed by atoms with Crippen LogP contribution in [0.15, 0.2) is 25.3 Å². The molecule has 2 N–H and O–H groups in total. The van der Waals surface area contributed by atoms with E-state index in [1.807, 2.05) is 0 Å². The molecule has 1 atom stereocenters. The molecule has 7 heteroatoms. The predicted octanol–water partition coefficient (Wildman–Crippen LogP) is 0.762. The molecule has 0 rings (SSSR count). The smallest absolute Gasteiger partial charge is 0.365 e. The summed E-state index contributed by atoms with van der Waals surface area (Å²) in [6.07, 6.45) is 1.45. The third-order valence-corrected chi connectivity index (χ3v) is 1.94. The van der Waals surface area contributed by atoms with Gasteiger partial charge in [-0.1, -0.05) is 27.0 Å². The number of hydrogen-bond acceptors (Lipinski definition) is 7. The van der Waals surface area contributed by atoms with E-state index in [-0.39, 0.29) is 25.2 Å². The van der Waals surface area contributed by atoms with Crippen molar-refractivity contribution >= 4 is 11.9 Å². The molecular formula is C14H24O7. The van der Waals surface area contributed by atoms with Crippen molar-refractivity contribution in [1.29, 1.82) is 0 Å². The topological polar surface area (TPSA) is 102 Å². The summed E-state index contributed by atoms with van der Waals surface area (Å²) in [7, 11) is 0. The molecule has 0 aromatic rings. The Bertz CT molecular complexity index is 306. The lowest BCUT2D eigenvalue weighted by atomic mass is 9.97. The van der Waals surface area contributed by atoms with Gasteiger partial charge in [0, 0.05) is 17.6 Å². The van der Waals surface area contributed by atoms with Gasteiger partial charge in [0.2, 0.25) is 0 Å². The summed E-state index contributed by atoms with van der Waals surface area (Å²) in [4.78, 5) is 29.9. The second-order valence-corrected chi connectivity index (χ2v) is 4.83. The van der Waals surface area contributed by atoms with E-state index in [9.17, 15) is 9.59 Å². The minimum atomic E-state index is -0.702. The van der Waals surface area contributed by atoms with E-state index in [1.54, 1.807) is 20.8 Å². The van der Waals surface area contributed by atoms with Crippen molar-refractivity contribution in [2.75, 3.05) is 19.8 Å². The molecule has 0 aromatic heterocycles. The van der Waals surface area contributed by atoms with Crippen molar-refractivity contribution in [2.24, 2.45) is 5.41 Å².